The van der Waals surface area contributed by atoms with Crippen LogP contribution in [0.25, 0.3) is 0 Å². The fraction of sp³-hybridized carbons (Fsp3) is 0.455. The number of epoxide rings is 1. The molecule has 0 bridgehead atoms. The molecule has 0 amide bonds. The van der Waals surface area contributed by atoms with E-state index in [1.54, 1.807) is 0 Å². The summed E-state index contributed by atoms with van der Waals surface area (Å²) in [7, 11) is 0. The van der Waals surface area contributed by atoms with Gasteiger partial charge in [0.2, 0.25) is 0 Å². The largest absolute Gasteiger partial charge is 0.371 e. The van der Waals surface area contributed by atoms with E-state index in [0.717, 1.165) is 19.4 Å². The second kappa shape index (κ2) is 3.90. The Morgan fingerprint density at radius 3 is 2.69 bits per heavy atom. The maximum Gasteiger partial charge on any atom is 0.0960 e. The highest BCUT2D eigenvalue weighted by Crippen LogP contribution is 2.16. The Morgan fingerprint density at radius 2 is 2.08 bits per heavy atom. The summed E-state index contributed by atoms with van der Waals surface area (Å²) in [4.78, 5) is 0. The molecule has 1 heterocycles. The molecule has 0 spiro atoms. The summed E-state index contributed by atoms with van der Waals surface area (Å²) < 4.78 is 5.13. The summed E-state index contributed by atoms with van der Waals surface area (Å²) in [5.41, 5.74) is 7.26. The quantitative estimate of drug-likeness (QED) is 0.705. The molecule has 0 saturated carbocycles. The zero-order valence-electron chi connectivity index (χ0n) is 7.65. The van der Waals surface area contributed by atoms with Gasteiger partial charge in [-0.25, -0.2) is 0 Å². The first-order valence-electron chi connectivity index (χ1n) is 4.77. The molecule has 2 atom stereocenters. The van der Waals surface area contributed by atoms with E-state index < -0.39 is 0 Å². The van der Waals surface area contributed by atoms with Gasteiger partial charge in [0.05, 0.1) is 12.7 Å². The normalized spacial score (nSPS) is 22.7. The molecule has 13 heavy (non-hydrogen) atoms. The molecule has 1 saturated heterocycles. The van der Waals surface area contributed by atoms with E-state index in [-0.39, 0.29) is 6.04 Å². The van der Waals surface area contributed by atoms with Crippen molar-refractivity contribution in [3.8, 4) is 0 Å². The van der Waals surface area contributed by atoms with Crippen LogP contribution < -0.4 is 5.73 Å². The molecule has 0 radical (unpaired) electrons. The lowest BCUT2D eigenvalue weighted by molar-refractivity contribution is 0.364. The first-order chi connectivity index (χ1) is 6.36. The van der Waals surface area contributed by atoms with Crippen molar-refractivity contribution in [3.63, 3.8) is 0 Å². The van der Waals surface area contributed by atoms with E-state index >= 15 is 0 Å². The lowest BCUT2D eigenvalue weighted by atomic mass is 10.0. The number of hydrogen-bond acceptors (Lipinski definition) is 2. The number of benzene rings is 1. The number of ether oxygens (including phenoxy) is 1. The van der Waals surface area contributed by atoms with Crippen LogP contribution in [0.3, 0.4) is 0 Å². The molecule has 0 aliphatic carbocycles. The monoisotopic (exact) mass is 177 g/mol. The predicted octanol–water partition coefficient (Wildman–Crippen LogP) is 1.35. The molecule has 70 valence electrons. The molecule has 2 unspecified atom stereocenters. The van der Waals surface area contributed by atoms with Crippen molar-refractivity contribution in [2.45, 2.75) is 25.0 Å². The molecule has 1 aromatic carbocycles. The minimum Gasteiger partial charge on any atom is -0.371 e. The van der Waals surface area contributed by atoms with Crippen LogP contribution in [0.2, 0.25) is 0 Å². The minimum atomic E-state index is 0.222. The fourth-order valence-corrected chi connectivity index (χ4v) is 1.47. The first-order valence-corrected chi connectivity index (χ1v) is 4.77. The second-order valence-electron chi connectivity index (χ2n) is 3.56. The summed E-state index contributed by atoms with van der Waals surface area (Å²) in [5, 5.41) is 0. The molecule has 2 heteroatoms. The average Bonchev–Trinajstić information content (AvgIpc) is 2.99. The molecule has 2 nitrogen and oxygen atoms in total. The Morgan fingerprint density at radius 1 is 1.38 bits per heavy atom. The molecule has 2 N–H and O–H groups in total. The van der Waals surface area contributed by atoms with Gasteiger partial charge in [-0.2, -0.15) is 0 Å². The van der Waals surface area contributed by atoms with Crippen LogP contribution in [0.15, 0.2) is 30.3 Å². The van der Waals surface area contributed by atoms with Gasteiger partial charge in [0.25, 0.3) is 0 Å². The smallest absolute Gasteiger partial charge is 0.0960 e. The molecule has 1 fully saturated rings. The van der Waals surface area contributed by atoms with Gasteiger partial charge in [-0.1, -0.05) is 30.3 Å². The Hall–Kier alpha value is -0.860. The molecule has 1 aromatic rings. The van der Waals surface area contributed by atoms with Crippen molar-refractivity contribution >= 4 is 0 Å². The van der Waals surface area contributed by atoms with Gasteiger partial charge < -0.3 is 10.5 Å². The second-order valence-corrected chi connectivity index (χ2v) is 3.56. The van der Waals surface area contributed by atoms with Crippen molar-refractivity contribution in [2.75, 3.05) is 6.61 Å². The van der Waals surface area contributed by atoms with Crippen LogP contribution in [0, 0.1) is 0 Å². The van der Waals surface area contributed by atoms with Crippen LogP contribution in [0.1, 0.15) is 12.0 Å². The number of rotatable bonds is 4. The standard InChI is InChI=1S/C11H15NO/c12-10(11-8-13-11)7-6-9-4-2-1-3-5-9/h1-5,10-11H,6-8,12H2. The third kappa shape index (κ3) is 2.54. The summed E-state index contributed by atoms with van der Waals surface area (Å²) in [6.45, 7) is 0.857. The van der Waals surface area contributed by atoms with Gasteiger partial charge in [-0.05, 0) is 18.4 Å². The summed E-state index contributed by atoms with van der Waals surface area (Å²) in [6, 6.07) is 10.7. The zero-order valence-corrected chi connectivity index (χ0v) is 7.65. The van der Waals surface area contributed by atoms with Crippen molar-refractivity contribution in [3.05, 3.63) is 35.9 Å². The zero-order chi connectivity index (χ0) is 9.10. The summed E-state index contributed by atoms with van der Waals surface area (Å²) in [6.07, 6.45) is 2.42. The molecular formula is C11H15NO. The minimum absolute atomic E-state index is 0.222. The third-order valence-corrected chi connectivity index (χ3v) is 2.45. The van der Waals surface area contributed by atoms with E-state index in [1.165, 1.54) is 5.56 Å². The number of hydrogen-bond donors (Lipinski definition) is 1. The van der Waals surface area contributed by atoms with Crippen molar-refractivity contribution in [1.29, 1.82) is 0 Å². The van der Waals surface area contributed by atoms with Crippen molar-refractivity contribution < 1.29 is 4.74 Å². The molecule has 1 aliphatic heterocycles. The van der Waals surface area contributed by atoms with Gasteiger partial charge in [0.15, 0.2) is 0 Å². The maximum absolute atomic E-state index is 5.90. The Bertz CT molecular complexity index is 256. The van der Waals surface area contributed by atoms with Gasteiger partial charge in [0, 0.05) is 6.04 Å². The van der Waals surface area contributed by atoms with Crippen molar-refractivity contribution in [1.82, 2.24) is 0 Å². The summed E-state index contributed by atoms with van der Waals surface area (Å²) >= 11 is 0. The summed E-state index contributed by atoms with van der Waals surface area (Å²) in [5.74, 6) is 0. The third-order valence-electron chi connectivity index (χ3n) is 2.45. The van der Waals surface area contributed by atoms with Gasteiger partial charge in [0.1, 0.15) is 0 Å². The lowest BCUT2D eigenvalue weighted by Gasteiger charge is -2.07. The van der Waals surface area contributed by atoms with Crippen LogP contribution in [0.5, 0.6) is 0 Å². The van der Waals surface area contributed by atoms with E-state index in [9.17, 15) is 0 Å². The van der Waals surface area contributed by atoms with Crippen LogP contribution >= 0.6 is 0 Å². The first kappa shape index (κ1) is 8.73. The average molecular weight is 177 g/mol. The van der Waals surface area contributed by atoms with Gasteiger partial charge >= 0.3 is 0 Å². The predicted molar refractivity (Wildman–Crippen MR) is 52.5 cm³/mol. The fourth-order valence-electron chi connectivity index (χ4n) is 1.47. The molecular weight excluding hydrogens is 162 g/mol. The number of nitrogens with two attached hydrogens (primary N) is 1. The Kier molecular flexibility index (Phi) is 2.62. The molecule has 0 aromatic heterocycles. The van der Waals surface area contributed by atoms with Crippen LogP contribution in [-0.4, -0.2) is 18.8 Å². The Labute approximate surface area is 78.7 Å². The Balaban J connectivity index is 1.78. The van der Waals surface area contributed by atoms with Crippen LogP contribution in [0.4, 0.5) is 0 Å². The topological polar surface area (TPSA) is 38.5 Å². The SMILES string of the molecule is NC(CCc1ccccc1)C1CO1. The van der Waals surface area contributed by atoms with E-state index in [2.05, 4.69) is 24.3 Å². The van der Waals surface area contributed by atoms with Crippen molar-refractivity contribution in [2.24, 2.45) is 5.73 Å². The van der Waals surface area contributed by atoms with E-state index in [0.29, 0.717) is 6.10 Å². The highest BCUT2D eigenvalue weighted by molar-refractivity contribution is 5.14. The van der Waals surface area contributed by atoms with E-state index in [4.69, 9.17) is 10.5 Å². The van der Waals surface area contributed by atoms with Crippen LogP contribution in [-0.2, 0) is 11.2 Å². The lowest BCUT2D eigenvalue weighted by Crippen LogP contribution is -2.26. The molecule has 1 aliphatic rings. The molecule has 2 rings (SSSR count). The van der Waals surface area contributed by atoms with Gasteiger partial charge in [-0.15, -0.1) is 0 Å². The highest BCUT2D eigenvalue weighted by atomic mass is 16.6. The van der Waals surface area contributed by atoms with Gasteiger partial charge in [-0.3, -0.25) is 0 Å². The van der Waals surface area contributed by atoms with E-state index in [1.807, 2.05) is 6.07 Å². The highest BCUT2D eigenvalue weighted by Gasteiger charge is 2.29. The number of aryl methyl sites for hydroxylation is 1. The maximum atomic E-state index is 5.90.